The Morgan fingerprint density at radius 2 is 1.72 bits per heavy atom. The Morgan fingerprint density at radius 1 is 1.00 bits per heavy atom. The van der Waals surface area contributed by atoms with Gasteiger partial charge in [-0.1, -0.05) is 45.0 Å². The van der Waals surface area contributed by atoms with E-state index in [0.29, 0.717) is 13.2 Å². The maximum absolute atomic E-state index is 13.3. The lowest BCUT2D eigenvalue weighted by atomic mass is 9.82. The van der Waals surface area contributed by atoms with Gasteiger partial charge >= 0.3 is 0 Å². The molecule has 3 nitrogen and oxygen atoms in total. The number of ether oxygens (including phenoxy) is 2. The van der Waals surface area contributed by atoms with Crippen LogP contribution < -0.4 is 5.32 Å². The molecule has 1 saturated heterocycles. The van der Waals surface area contributed by atoms with Crippen LogP contribution in [0.4, 0.5) is 10.1 Å². The van der Waals surface area contributed by atoms with E-state index in [1.165, 1.54) is 17.7 Å². The normalized spacial score (nSPS) is 25.7. The summed E-state index contributed by atoms with van der Waals surface area (Å²) in [5.41, 5.74) is 4.58. The van der Waals surface area contributed by atoms with Crippen molar-refractivity contribution in [3.8, 4) is 0 Å². The molecule has 3 unspecified atom stereocenters. The second-order valence-corrected chi connectivity index (χ2v) is 7.85. The van der Waals surface area contributed by atoms with Gasteiger partial charge in [-0.2, -0.15) is 0 Å². The Balaban J connectivity index is 1.76. The summed E-state index contributed by atoms with van der Waals surface area (Å²) in [5, 5.41) is 3.58. The third kappa shape index (κ3) is 3.05. The molecule has 0 radical (unpaired) electrons. The molecule has 2 aliphatic heterocycles. The highest BCUT2D eigenvalue weighted by Gasteiger charge is 2.41. The predicted octanol–water partition coefficient (Wildman–Crippen LogP) is 4.75. The Bertz CT molecular complexity index is 766. The summed E-state index contributed by atoms with van der Waals surface area (Å²) in [6.45, 7) is 7.80. The van der Waals surface area contributed by atoms with Crippen LogP contribution in [0.1, 0.15) is 49.6 Å². The van der Waals surface area contributed by atoms with Crippen LogP contribution in [0.3, 0.4) is 0 Å². The molecule has 0 amide bonds. The molecule has 0 aromatic heterocycles. The largest absolute Gasteiger partial charge is 0.375 e. The van der Waals surface area contributed by atoms with E-state index >= 15 is 0 Å². The second-order valence-electron chi connectivity index (χ2n) is 7.85. The van der Waals surface area contributed by atoms with E-state index in [4.69, 9.17) is 9.47 Å². The molecule has 1 fully saturated rings. The van der Waals surface area contributed by atoms with Crippen molar-refractivity contribution in [3.05, 3.63) is 65.0 Å². The molecule has 0 saturated carbocycles. The molecular formula is C21H24FNO2. The molecule has 2 aliphatic rings. The van der Waals surface area contributed by atoms with Gasteiger partial charge in [0.15, 0.2) is 0 Å². The minimum Gasteiger partial charge on any atom is -0.375 e. The maximum atomic E-state index is 13.3. The minimum atomic E-state index is -0.229. The highest BCUT2D eigenvalue weighted by molar-refractivity contribution is 5.59. The van der Waals surface area contributed by atoms with Crippen molar-refractivity contribution in [2.75, 3.05) is 18.5 Å². The average molecular weight is 341 g/mol. The monoisotopic (exact) mass is 341 g/mol. The minimum absolute atomic E-state index is 0.0566. The third-order valence-corrected chi connectivity index (χ3v) is 5.08. The van der Waals surface area contributed by atoms with E-state index in [-0.39, 0.29) is 29.5 Å². The number of fused-ring (bicyclic) bond motifs is 3. The fourth-order valence-electron chi connectivity index (χ4n) is 3.67. The topological polar surface area (TPSA) is 30.5 Å². The van der Waals surface area contributed by atoms with Crippen molar-refractivity contribution in [1.82, 2.24) is 0 Å². The summed E-state index contributed by atoms with van der Waals surface area (Å²) < 4.78 is 25.5. The van der Waals surface area contributed by atoms with Crippen LogP contribution in [0, 0.1) is 5.82 Å². The smallest absolute Gasteiger partial charge is 0.123 e. The van der Waals surface area contributed by atoms with Gasteiger partial charge in [-0.3, -0.25) is 0 Å². The lowest BCUT2D eigenvalue weighted by Crippen LogP contribution is -2.43. The molecule has 4 heteroatoms. The SMILES string of the molecule is CC(C)(C)c1ccc2c(c1)C1OCCOC1C(c1ccc(F)cc1)N2. The van der Waals surface area contributed by atoms with Crippen LogP contribution in [-0.2, 0) is 14.9 Å². The molecule has 25 heavy (non-hydrogen) atoms. The maximum Gasteiger partial charge on any atom is 0.123 e. The van der Waals surface area contributed by atoms with Gasteiger partial charge in [0, 0.05) is 11.3 Å². The van der Waals surface area contributed by atoms with E-state index in [1.807, 2.05) is 12.1 Å². The zero-order valence-electron chi connectivity index (χ0n) is 14.9. The summed E-state index contributed by atoms with van der Waals surface area (Å²) in [6, 6.07) is 13.1. The number of nitrogens with one attached hydrogen (secondary N) is 1. The van der Waals surface area contributed by atoms with Gasteiger partial charge < -0.3 is 14.8 Å². The van der Waals surface area contributed by atoms with Crippen molar-refractivity contribution in [2.45, 2.75) is 44.4 Å². The van der Waals surface area contributed by atoms with Gasteiger partial charge in [-0.25, -0.2) is 4.39 Å². The molecular weight excluding hydrogens is 317 g/mol. The first-order chi connectivity index (χ1) is 11.9. The van der Waals surface area contributed by atoms with Gasteiger partial charge in [0.1, 0.15) is 18.0 Å². The highest BCUT2D eigenvalue weighted by Crippen LogP contribution is 2.45. The van der Waals surface area contributed by atoms with E-state index in [1.54, 1.807) is 0 Å². The van der Waals surface area contributed by atoms with Gasteiger partial charge in [-0.05, 0) is 34.7 Å². The molecule has 0 spiro atoms. The third-order valence-electron chi connectivity index (χ3n) is 5.08. The fraction of sp³-hybridized carbons (Fsp3) is 0.429. The standard InChI is InChI=1S/C21H24FNO2/c1-21(2,3)14-6-9-17-16(12-14)19-20(25-11-10-24-19)18(23-17)13-4-7-15(22)8-5-13/h4-9,12,18-20,23H,10-11H2,1-3H3. The van der Waals surface area contributed by atoms with Crippen LogP contribution in [0.15, 0.2) is 42.5 Å². The van der Waals surface area contributed by atoms with Gasteiger partial charge in [-0.15, -0.1) is 0 Å². The molecule has 2 aromatic carbocycles. The Hall–Kier alpha value is -1.91. The first-order valence-electron chi connectivity index (χ1n) is 8.83. The first-order valence-corrected chi connectivity index (χ1v) is 8.83. The first kappa shape index (κ1) is 16.6. The van der Waals surface area contributed by atoms with Crippen molar-refractivity contribution in [1.29, 1.82) is 0 Å². The number of halogens is 1. The quantitative estimate of drug-likeness (QED) is 0.812. The van der Waals surface area contributed by atoms with Crippen LogP contribution in [0.25, 0.3) is 0 Å². The molecule has 0 aliphatic carbocycles. The van der Waals surface area contributed by atoms with Crippen molar-refractivity contribution in [2.24, 2.45) is 0 Å². The van der Waals surface area contributed by atoms with E-state index in [0.717, 1.165) is 16.8 Å². The van der Waals surface area contributed by atoms with Crippen molar-refractivity contribution < 1.29 is 13.9 Å². The van der Waals surface area contributed by atoms with Crippen LogP contribution in [0.2, 0.25) is 0 Å². The zero-order valence-corrected chi connectivity index (χ0v) is 14.9. The zero-order chi connectivity index (χ0) is 17.6. The van der Waals surface area contributed by atoms with Crippen LogP contribution >= 0.6 is 0 Å². The lowest BCUT2D eigenvalue weighted by Gasteiger charge is -2.43. The Morgan fingerprint density at radius 3 is 2.44 bits per heavy atom. The summed E-state index contributed by atoms with van der Waals surface area (Å²) in [7, 11) is 0. The number of rotatable bonds is 1. The summed E-state index contributed by atoms with van der Waals surface area (Å²) in [4.78, 5) is 0. The molecule has 2 aromatic rings. The van der Waals surface area contributed by atoms with E-state index < -0.39 is 0 Å². The number of hydrogen-bond acceptors (Lipinski definition) is 3. The predicted molar refractivity (Wildman–Crippen MR) is 96.3 cm³/mol. The molecule has 3 atom stereocenters. The number of anilines is 1. The van der Waals surface area contributed by atoms with E-state index in [2.05, 4.69) is 44.3 Å². The van der Waals surface area contributed by atoms with Crippen LogP contribution in [-0.4, -0.2) is 19.3 Å². The van der Waals surface area contributed by atoms with Gasteiger partial charge in [0.25, 0.3) is 0 Å². The fourth-order valence-corrected chi connectivity index (χ4v) is 3.67. The molecule has 1 N–H and O–H groups in total. The summed E-state index contributed by atoms with van der Waals surface area (Å²) >= 11 is 0. The molecule has 132 valence electrons. The van der Waals surface area contributed by atoms with E-state index in [9.17, 15) is 4.39 Å². The highest BCUT2D eigenvalue weighted by atomic mass is 19.1. The Labute approximate surface area is 148 Å². The summed E-state index contributed by atoms with van der Waals surface area (Å²) in [5.74, 6) is -0.229. The number of benzene rings is 2. The van der Waals surface area contributed by atoms with Crippen molar-refractivity contribution in [3.63, 3.8) is 0 Å². The molecule has 4 rings (SSSR count). The van der Waals surface area contributed by atoms with Gasteiger partial charge in [0.2, 0.25) is 0 Å². The number of hydrogen-bond donors (Lipinski definition) is 1. The van der Waals surface area contributed by atoms with Gasteiger partial charge in [0.05, 0.1) is 19.3 Å². The molecule has 2 heterocycles. The average Bonchev–Trinajstić information content (AvgIpc) is 2.60. The lowest BCUT2D eigenvalue weighted by molar-refractivity contribution is -0.151. The Kier molecular flexibility index (Phi) is 4.05. The second kappa shape index (κ2) is 6.11. The van der Waals surface area contributed by atoms with Crippen molar-refractivity contribution >= 4 is 5.69 Å². The van der Waals surface area contributed by atoms with Crippen LogP contribution in [0.5, 0.6) is 0 Å². The summed E-state index contributed by atoms with van der Waals surface area (Å²) in [6.07, 6.45) is -0.232. The molecule has 0 bridgehead atoms.